The van der Waals surface area contributed by atoms with Crippen LogP contribution in [0.15, 0.2) is 60.9 Å². The Morgan fingerprint density at radius 2 is 1.90 bits per heavy atom. The maximum atomic E-state index is 12.3. The minimum absolute atomic E-state index is 0.0178. The van der Waals surface area contributed by atoms with Gasteiger partial charge in [0.2, 0.25) is 5.91 Å². The molecular weight excluding hydrogens is 392 g/mol. The van der Waals surface area contributed by atoms with E-state index >= 15 is 0 Å². The molecule has 6 heteroatoms. The first-order chi connectivity index (χ1) is 15.0. The zero-order chi connectivity index (χ0) is 22.1. The van der Waals surface area contributed by atoms with Crippen LogP contribution in [0.4, 0.5) is 0 Å². The van der Waals surface area contributed by atoms with Crippen LogP contribution in [0.25, 0.3) is 0 Å². The fourth-order valence-electron chi connectivity index (χ4n) is 4.06. The summed E-state index contributed by atoms with van der Waals surface area (Å²) >= 11 is 0. The zero-order valence-electron chi connectivity index (χ0n) is 17.9. The highest BCUT2D eigenvalue weighted by Crippen LogP contribution is 2.23. The summed E-state index contributed by atoms with van der Waals surface area (Å²) in [6.45, 7) is 1.44. The molecule has 31 heavy (non-hydrogen) atoms. The normalized spacial score (nSPS) is 17.5. The van der Waals surface area contributed by atoms with Gasteiger partial charge in [-0.2, -0.15) is 0 Å². The number of rotatable bonds is 12. The summed E-state index contributed by atoms with van der Waals surface area (Å²) in [5.74, 6) is -0.600. The molecule has 0 spiro atoms. The van der Waals surface area contributed by atoms with Crippen LogP contribution >= 0.6 is 0 Å². The highest BCUT2D eigenvalue weighted by Gasteiger charge is 2.28. The molecule has 1 aliphatic rings. The molecule has 2 heterocycles. The Balaban J connectivity index is 1.51. The highest BCUT2D eigenvalue weighted by atomic mass is 16.4. The minimum atomic E-state index is -0.756. The molecule has 166 valence electrons. The second-order valence-corrected chi connectivity index (χ2v) is 8.18. The number of nitrogens with zero attached hydrogens (tertiary/aromatic N) is 2. The number of unbranched alkanes of at least 4 members (excludes halogenated alkanes) is 3. The summed E-state index contributed by atoms with van der Waals surface area (Å²) in [6.07, 6.45) is 11.9. The fraction of sp³-hybridized carbons (Fsp3) is 0.440. The summed E-state index contributed by atoms with van der Waals surface area (Å²) in [4.78, 5) is 24.7. The van der Waals surface area contributed by atoms with Gasteiger partial charge in [-0.25, -0.2) is 0 Å². The molecule has 0 bridgehead atoms. The van der Waals surface area contributed by atoms with Crippen LogP contribution in [0, 0.1) is 0 Å². The van der Waals surface area contributed by atoms with E-state index in [2.05, 4.69) is 4.57 Å². The van der Waals surface area contributed by atoms with Crippen LogP contribution in [-0.4, -0.2) is 44.1 Å². The van der Waals surface area contributed by atoms with Gasteiger partial charge >= 0.3 is 5.97 Å². The smallest absolute Gasteiger partial charge is 0.303 e. The topological polar surface area (TPSA) is 82.8 Å². The monoisotopic (exact) mass is 424 g/mol. The Bertz CT molecular complexity index is 875. The van der Waals surface area contributed by atoms with Crippen LogP contribution in [0.5, 0.6) is 0 Å². The number of aromatic nitrogens is 1. The standard InChI is InChI=1S/C25H32N2O4/c28-23(21-9-7-8-20(18-21)19-26-15-5-6-16-26)13-11-22-12-14-24(29)27(22)17-4-2-1-3-10-25(30)31/h5-9,11,13,15-16,18,22-23,28H,1-4,10,12,14,17,19H2,(H,30,31)/t22?,23-/m1/s1. The van der Waals surface area contributed by atoms with E-state index in [4.69, 9.17) is 5.11 Å². The van der Waals surface area contributed by atoms with E-state index in [1.54, 1.807) is 6.08 Å². The van der Waals surface area contributed by atoms with E-state index in [1.165, 1.54) is 0 Å². The van der Waals surface area contributed by atoms with Gasteiger partial charge in [-0.15, -0.1) is 0 Å². The second kappa shape index (κ2) is 11.5. The maximum Gasteiger partial charge on any atom is 0.303 e. The van der Waals surface area contributed by atoms with Crippen molar-refractivity contribution in [1.29, 1.82) is 0 Å². The first-order valence-electron chi connectivity index (χ1n) is 11.1. The summed E-state index contributed by atoms with van der Waals surface area (Å²) in [6, 6.07) is 11.9. The second-order valence-electron chi connectivity index (χ2n) is 8.18. The summed E-state index contributed by atoms with van der Waals surface area (Å²) in [5, 5.41) is 19.3. The van der Waals surface area contributed by atoms with Crippen molar-refractivity contribution in [3.05, 3.63) is 72.1 Å². The van der Waals surface area contributed by atoms with Crippen LogP contribution in [0.2, 0.25) is 0 Å². The number of likely N-dealkylation sites (tertiary alicyclic amines) is 1. The lowest BCUT2D eigenvalue weighted by Crippen LogP contribution is -2.32. The third-order valence-corrected chi connectivity index (χ3v) is 5.75. The third kappa shape index (κ3) is 7.10. The number of hydrogen-bond acceptors (Lipinski definition) is 3. The number of hydrogen-bond donors (Lipinski definition) is 2. The highest BCUT2D eigenvalue weighted by molar-refractivity contribution is 5.79. The number of carboxylic acids is 1. The SMILES string of the molecule is O=C(O)CCCCCCN1C(=O)CCC1C=C[C@@H](O)c1cccc(Cn2cccc2)c1. The molecule has 1 aliphatic heterocycles. The Morgan fingerprint density at radius 1 is 1.13 bits per heavy atom. The van der Waals surface area contributed by atoms with Crippen molar-refractivity contribution in [1.82, 2.24) is 9.47 Å². The van der Waals surface area contributed by atoms with Crippen molar-refractivity contribution >= 4 is 11.9 Å². The van der Waals surface area contributed by atoms with Crippen molar-refractivity contribution in [3.63, 3.8) is 0 Å². The Labute approximate surface area is 183 Å². The average Bonchev–Trinajstić information content (AvgIpc) is 3.38. The molecule has 2 N–H and O–H groups in total. The van der Waals surface area contributed by atoms with Crippen molar-refractivity contribution in [3.8, 4) is 0 Å². The summed E-state index contributed by atoms with van der Waals surface area (Å²) < 4.78 is 2.09. The van der Waals surface area contributed by atoms with Gasteiger partial charge in [0.25, 0.3) is 0 Å². The number of carboxylic acid groups (broad SMARTS) is 1. The molecule has 0 saturated carbocycles. The van der Waals surface area contributed by atoms with Crippen LogP contribution in [0.3, 0.4) is 0 Å². The number of benzene rings is 1. The third-order valence-electron chi connectivity index (χ3n) is 5.75. The lowest BCUT2D eigenvalue weighted by molar-refractivity contribution is -0.137. The number of aliphatic carboxylic acids is 1. The van der Waals surface area contributed by atoms with E-state index in [1.807, 2.05) is 59.8 Å². The van der Waals surface area contributed by atoms with E-state index in [0.29, 0.717) is 19.4 Å². The first-order valence-corrected chi connectivity index (χ1v) is 11.1. The van der Waals surface area contributed by atoms with E-state index in [-0.39, 0.29) is 18.4 Å². The van der Waals surface area contributed by atoms with Crippen LogP contribution in [-0.2, 0) is 16.1 Å². The first kappa shape index (κ1) is 22.8. The van der Waals surface area contributed by atoms with Crippen molar-refractivity contribution in [2.45, 2.75) is 63.6 Å². The van der Waals surface area contributed by atoms with Gasteiger partial charge in [0.1, 0.15) is 0 Å². The van der Waals surface area contributed by atoms with Gasteiger partial charge < -0.3 is 19.7 Å². The quantitative estimate of drug-likeness (QED) is 0.396. The van der Waals surface area contributed by atoms with E-state index in [9.17, 15) is 14.7 Å². The van der Waals surface area contributed by atoms with Crippen molar-refractivity contribution in [2.24, 2.45) is 0 Å². The molecule has 1 amide bonds. The minimum Gasteiger partial charge on any atom is -0.481 e. The van der Waals surface area contributed by atoms with Gasteiger partial charge in [0, 0.05) is 38.3 Å². The lowest BCUT2D eigenvalue weighted by atomic mass is 10.0. The van der Waals surface area contributed by atoms with E-state index < -0.39 is 12.1 Å². The molecule has 1 aromatic heterocycles. The number of aliphatic hydroxyl groups is 1. The van der Waals surface area contributed by atoms with Crippen LogP contribution in [0.1, 0.15) is 62.2 Å². The Kier molecular flexibility index (Phi) is 8.47. The van der Waals surface area contributed by atoms with E-state index in [0.717, 1.165) is 43.4 Å². The number of carbonyl (C=O) groups excluding carboxylic acids is 1. The predicted octanol–water partition coefficient (Wildman–Crippen LogP) is 4.15. The molecule has 0 aliphatic carbocycles. The summed E-state index contributed by atoms with van der Waals surface area (Å²) in [5.41, 5.74) is 1.97. The number of carbonyl (C=O) groups is 2. The zero-order valence-corrected chi connectivity index (χ0v) is 17.9. The Morgan fingerprint density at radius 3 is 2.68 bits per heavy atom. The van der Waals surface area contributed by atoms with Crippen molar-refractivity contribution < 1.29 is 19.8 Å². The molecule has 3 rings (SSSR count). The predicted molar refractivity (Wildman–Crippen MR) is 120 cm³/mol. The molecule has 1 saturated heterocycles. The number of aliphatic hydroxyl groups excluding tert-OH is 1. The van der Waals surface area contributed by atoms with Gasteiger partial charge in [0.05, 0.1) is 12.1 Å². The fourth-order valence-corrected chi connectivity index (χ4v) is 4.06. The van der Waals surface area contributed by atoms with Crippen LogP contribution < -0.4 is 0 Å². The van der Waals surface area contributed by atoms with Gasteiger partial charge in [-0.3, -0.25) is 9.59 Å². The largest absolute Gasteiger partial charge is 0.481 e. The molecule has 1 fully saturated rings. The Hall–Kier alpha value is -2.86. The van der Waals surface area contributed by atoms with Gasteiger partial charge in [-0.05, 0) is 42.5 Å². The average molecular weight is 425 g/mol. The molecule has 6 nitrogen and oxygen atoms in total. The summed E-state index contributed by atoms with van der Waals surface area (Å²) in [7, 11) is 0. The van der Waals surface area contributed by atoms with Crippen molar-refractivity contribution in [2.75, 3.05) is 6.54 Å². The van der Waals surface area contributed by atoms with Gasteiger partial charge in [-0.1, -0.05) is 49.3 Å². The van der Waals surface area contributed by atoms with Gasteiger partial charge in [0.15, 0.2) is 0 Å². The molecule has 2 atom stereocenters. The molecule has 0 radical (unpaired) electrons. The lowest BCUT2D eigenvalue weighted by Gasteiger charge is -2.22. The molecule has 2 aromatic rings. The molecular formula is C25H32N2O4. The molecule has 1 aromatic carbocycles. The number of amides is 1. The molecule has 1 unspecified atom stereocenters. The maximum absolute atomic E-state index is 12.3.